The highest BCUT2D eigenvalue weighted by Crippen LogP contribution is 2.26. The number of nitrogens with one attached hydrogen (secondary N) is 1. The molecule has 1 amide bonds. The lowest BCUT2D eigenvalue weighted by molar-refractivity contribution is 0.0928. The van der Waals surface area contributed by atoms with Gasteiger partial charge in [0.2, 0.25) is 0 Å². The molecule has 5 nitrogen and oxygen atoms in total. The Morgan fingerprint density at radius 3 is 2.72 bits per heavy atom. The van der Waals surface area contributed by atoms with E-state index in [1.165, 1.54) is 19.2 Å². The summed E-state index contributed by atoms with van der Waals surface area (Å²) >= 11 is 0. The van der Waals surface area contributed by atoms with Crippen molar-refractivity contribution in [2.45, 2.75) is 25.8 Å². The number of carbonyl (C=O) groups is 1. The fraction of sp³-hybridized carbons (Fsp3) is 0.462. The number of carbonyl (C=O) groups excluding carboxylic acids is 1. The van der Waals surface area contributed by atoms with Crippen molar-refractivity contribution in [2.75, 3.05) is 13.7 Å². The number of methoxy groups -OCH3 is 1. The minimum atomic E-state index is -0.270. The summed E-state index contributed by atoms with van der Waals surface area (Å²) in [6, 6.07) is 4.42. The average Bonchev–Trinajstić information content (AvgIpc) is 2.37. The van der Waals surface area contributed by atoms with Gasteiger partial charge in [-0.25, -0.2) is 0 Å². The van der Waals surface area contributed by atoms with Gasteiger partial charge in [-0.3, -0.25) is 4.79 Å². The van der Waals surface area contributed by atoms with Crippen molar-refractivity contribution in [1.82, 2.24) is 5.32 Å². The van der Waals surface area contributed by atoms with E-state index >= 15 is 0 Å². The number of ether oxygens (including phenoxy) is 1. The fourth-order valence-corrected chi connectivity index (χ4v) is 1.63. The number of rotatable bonds is 6. The number of aliphatic hydroxyl groups excluding tert-OH is 1. The van der Waals surface area contributed by atoms with Crippen molar-refractivity contribution in [3.8, 4) is 11.5 Å². The molecule has 18 heavy (non-hydrogen) atoms. The van der Waals surface area contributed by atoms with Crippen molar-refractivity contribution < 1.29 is 19.7 Å². The van der Waals surface area contributed by atoms with Crippen LogP contribution < -0.4 is 10.1 Å². The van der Waals surface area contributed by atoms with Crippen LogP contribution in [-0.2, 0) is 0 Å². The summed E-state index contributed by atoms with van der Waals surface area (Å²) < 4.78 is 4.91. The van der Waals surface area contributed by atoms with Crippen LogP contribution in [0.25, 0.3) is 0 Å². The molecule has 0 fully saturated rings. The quantitative estimate of drug-likeness (QED) is 0.714. The zero-order valence-electron chi connectivity index (χ0n) is 10.6. The lowest BCUT2D eigenvalue weighted by Crippen LogP contribution is -2.35. The van der Waals surface area contributed by atoms with Crippen molar-refractivity contribution in [2.24, 2.45) is 0 Å². The van der Waals surface area contributed by atoms with E-state index in [1.807, 2.05) is 6.92 Å². The predicted molar refractivity (Wildman–Crippen MR) is 67.9 cm³/mol. The maximum Gasteiger partial charge on any atom is 0.251 e. The number of phenols is 1. The van der Waals surface area contributed by atoms with Gasteiger partial charge >= 0.3 is 0 Å². The first-order valence-electron chi connectivity index (χ1n) is 5.91. The first-order valence-corrected chi connectivity index (χ1v) is 5.91. The number of hydrogen-bond acceptors (Lipinski definition) is 4. The Labute approximate surface area is 106 Å². The second-order valence-electron chi connectivity index (χ2n) is 3.98. The van der Waals surface area contributed by atoms with Gasteiger partial charge in [-0.15, -0.1) is 0 Å². The van der Waals surface area contributed by atoms with Gasteiger partial charge < -0.3 is 20.3 Å². The van der Waals surface area contributed by atoms with Crippen LogP contribution in [0.2, 0.25) is 0 Å². The maximum atomic E-state index is 11.9. The molecule has 1 aromatic carbocycles. The zero-order valence-corrected chi connectivity index (χ0v) is 10.6. The lowest BCUT2D eigenvalue weighted by Gasteiger charge is -2.16. The van der Waals surface area contributed by atoms with Crippen LogP contribution in [0.4, 0.5) is 0 Å². The monoisotopic (exact) mass is 253 g/mol. The smallest absolute Gasteiger partial charge is 0.251 e. The molecule has 0 aliphatic rings. The molecule has 100 valence electrons. The van der Waals surface area contributed by atoms with Crippen molar-refractivity contribution >= 4 is 5.91 Å². The van der Waals surface area contributed by atoms with Crippen LogP contribution in [0.5, 0.6) is 11.5 Å². The van der Waals surface area contributed by atoms with E-state index < -0.39 is 0 Å². The molecular weight excluding hydrogens is 234 g/mol. The van der Waals surface area contributed by atoms with E-state index in [0.29, 0.717) is 17.7 Å². The van der Waals surface area contributed by atoms with Gasteiger partial charge in [0.15, 0.2) is 11.5 Å². The fourth-order valence-electron chi connectivity index (χ4n) is 1.63. The number of hydrogen-bond donors (Lipinski definition) is 3. The second-order valence-corrected chi connectivity index (χ2v) is 3.98. The van der Waals surface area contributed by atoms with E-state index in [9.17, 15) is 9.90 Å². The van der Waals surface area contributed by atoms with Crippen LogP contribution in [0.15, 0.2) is 18.2 Å². The van der Waals surface area contributed by atoms with Crippen molar-refractivity contribution in [3.05, 3.63) is 23.8 Å². The average molecular weight is 253 g/mol. The van der Waals surface area contributed by atoms with Crippen LogP contribution in [0.1, 0.15) is 30.1 Å². The molecule has 5 heteroatoms. The van der Waals surface area contributed by atoms with Crippen molar-refractivity contribution in [1.29, 1.82) is 0 Å². The summed E-state index contributed by atoms with van der Waals surface area (Å²) in [6.07, 6.45) is 1.26. The maximum absolute atomic E-state index is 11.9. The summed E-state index contributed by atoms with van der Waals surface area (Å²) in [6.45, 7) is 1.97. The Morgan fingerprint density at radius 2 is 2.22 bits per heavy atom. The zero-order chi connectivity index (χ0) is 13.5. The molecule has 0 heterocycles. The number of benzene rings is 1. The van der Waals surface area contributed by atoms with E-state index in [4.69, 9.17) is 9.84 Å². The predicted octanol–water partition coefficient (Wildman–Crippen LogP) is 1.29. The van der Waals surface area contributed by atoms with Gasteiger partial charge in [-0.2, -0.15) is 0 Å². The minimum absolute atomic E-state index is 0.0344. The molecule has 0 bridgehead atoms. The molecular formula is C13H19NO4. The highest BCUT2D eigenvalue weighted by molar-refractivity contribution is 5.95. The molecule has 3 N–H and O–H groups in total. The van der Waals surface area contributed by atoms with Crippen molar-refractivity contribution in [3.63, 3.8) is 0 Å². The van der Waals surface area contributed by atoms with Gasteiger partial charge in [-0.1, -0.05) is 6.92 Å². The lowest BCUT2D eigenvalue weighted by atomic mass is 10.1. The van der Waals surface area contributed by atoms with Gasteiger partial charge in [0, 0.05) is 18.2 Å². The Balaban J connectivity index is 2.74. The summed E-state index contributed by atoms with van der Waals surface area (Å²) in [5.41, 5.74) is 0.365. The van der Waals surface area contributed by atoms with E-state index in [1.54, 1.807) is 6.07 Å². The second kappa shape index (κ2) is 6.86. The summed E-state index contributed by atoms with van der Waals surface area (Å²) in [7, 11) is 1.45. The number of amides is 1. The number of phenolic OH excluding ortho intramolecular Hbond substituents is 1. The Kier molecular flexibility index (Phi) is 5.45. The van der Waals surface area contributed by atoms with E-state index in [2.05, 4.69) is 5.32 Å². The first kappa shape index (κ1) is 14.3. The van der Waals surface area contributed by atoms with Gasteiger partial charge in [0.05, 0.1) is 7.11 Å². The molecule has 0 radical (unpaired) electrons. The Morgan fingerprint density at radius 1 is 1.50 bits per heavy atom. The third-order valence-electron chi connectivity index (χ3n) is 2.75. The third kappa shape index (κ3) is 3.63. The topological polar surface area (TPSA) is 78.8 Å². The molecule has 1 rings (SSSR count). The minimum Gasteiger partial charge on any atom is -0.504 e. The van der Waals surface area contributed by atoms with Crippen LogP contribution in [-0.4, -0.2) is 35.9 Å². The molecule has 1 atom stereocenters. The normalized spacial score (nSPS) is 11.9. The molecule has 1 unspecified atom stereocenters. The molecule has 1 aromatic rings. The van der Waals surface area contributed by atoms with Gasteiger partial charge in [0.25, 0.3) is 5.91 Å². The standard InChI is InChI=1S/C13H19NO4/c1-3-10(6-7-15)14-13(17)9-4-5-12(18-2)11(16)8-9/h4-5,8,10,15-16H,3,6-7H2,1-2H3,(H,14,17). The highest BCUT2D eigenvalue weighted by Gasteiger charge is 2.13. The summed E-state index contributed by atoms with van der Waals surface area (Å²) in [4.78, 5) is 11.9. The number of aromatic hydroxyl groups is 1. The summed E-state index contributed by atoms with van der Waals surface area (Å²) in [5, 5.41) is 21.2. The van der Waals surface area contributed by atoms with Crippen LogP contribution in [0, 0.1) is 0 Å². The first-order chi connectivity index (χ1) is 8.62. The molecule has 0 saturated heterocycles. The Bertz CT molecular complexity index is 406. The molecule has 0 spiro atoms. The third-order valence-corrected chi connectivity index (χ3v) is 2.75. The van der Waals surface area contributed by atoms with Gasteiger partial charge in [-0.05, 0) is 31.0 Å². The largest absolute Gasteiger partial charge is 0.504 e. The van der Waals surface area contributed by atoms with E-state index in [0.717, 1.165) is 6.42 Å². The number of aliphatic hydroxyl groups is 1. The van der Waals surface area contributed by atoms with Crippen LogP contribution >= 0.6 is 0 Å². The molecule has 0 saturated carbocycles. The van der Waals surface area contributed by atoms with E-state index in [-0.39, 0.29) is 24.3 Å². The highest BCUT2D eigenvalue weighted by atomic mass is 16.5. The molecule has 0 aliphatic heterocycles. The summed E-state index contributed by atoms with van der Waals surface area (Å²) in [5.74, 6) is -0.0115. The molecule has 0 aliphatic carbocycles. The SMILES string of the molecule is CCC(CCO)NC(=O)c1ccc(OC)c(O)c1. The Hall–Kier alpha value is -1.75. The van der Waals surface area contributed by atoms with Gasteiger partial charge in [0.1, 0.15) is 0 Å². The molecule has 0 aromatic heterocycles. The van der Waals surface area contributed by atoms with Crippen LogP contribution in [0.3, 0.4) is 0 Å².